The number of rotatable bonds is 3. The molecule has 1 aliphatic carbocycles. The summed E-state index contributed by atoms with van der Waals surface area (Å²) in [6, 6.07) is 19.9. The van der Waals surface area contributed by atoms with E-state index in [1.807, 2.05) is 36.4 Å². The summed E-state index contributed by atoms with van der Waals surface area (Å²) in [6.07, 6.45) is 1.51. The zero-order valence-electron chi connectivity index (χ0n) is 13.6. The van der Waals surface area contributed by atoms with Crippen molar-refractivity contribution in [3.8, 4) is 17.2 Å². The lowest BCUT2D eigenvalue weighted by atomic mass is 9.94. The van der Waals surface area contributed by atoms with Gasteiger partial charge in [-0.3, -0.25) is 0 Å². The smallest absolute Gasteiger partial charge is 0.116 e. The maximum absolute atomic E-state index is 9.92. The third-order valence-electron chi connectivity index (χ3n) is 4.68. The van der Waals surface area contributed by atoms with Crippen LogP contribution in [0.5, 0.6) is 17.2 Å². The first kappa shape index (κ1) is 15.3. The fraction of sp³-hybridized carbons (Fsp3) is 0.0909. The fourth-order valence-corrected chi connectivity index (χ4v) is 3.42. The van der Waals surface area contributed by atoms with Crippen molar-refractivity contribution < 1.29 is 15.3 Å². The molecule has 3 heteroatoms. The number of hydrogen-bond donors (Lipinski definition) is 3. The summed E-state index contributed by atoms with van der Waals surface area (Å²) >= 11 is 0. The minimum Gasteiger partial charge on any atom is -0.508 e. The second kappa shape index (κ2) is 6.02. The van der Waals surface area contributed by atoms with E-state index in [-0.39, 0.29) is 17.2 Å². The highest BCUT2D eigenvalue weighted by Crippen LogP contribution is 2.41. The van der Waals surface area contributed by atoms with Gasteiger partial charge in [-0.15, -0.1) is 0 Å². The first-order valence-electron chi connectivity index (χ1n) is 8.22. The highest BCUT2D eigenvalue weighted by Gasteiger charge is 2.23. The van der Waals surface area contributed by atoms with Gasteiger partial charge in [0.05, 0.1) is 0 Å². The number of allylic oxidation sites excluding steroid dienone is 2. The molecule has 0 spiro atoms. The molecule has 0 aromatic heterocycles. The van der Waals surface area contributed by atoms with Gasteiger partial charge in [-0.2, -0.15) is 0 Å². The van der Waals surface area contributed by atoms with E-state index in [1.54, 1.807) is 30.3 Å². The average Bonchev–Trinajstić information content (AvgIpc) is 2.95. The van der Waals surface area contributed by atoms with Crippen LogP contribution in [-0.2, 0) is 12.8 Å². The third kappa shape index (κ3) is 2.96. The van der Waals surface area contributed by atoms with Crippen molar-refractivity contribution in [1.82, 2.24) is 0 Å². The third-order valence-corrected chi connectivity index (χ3v) is 4.68. The van der Waals surface area contributed by atoms with Gasteiger partial charge in [0.2, 0.25) is 0 Å². The Balaban J connectivity index is 1.82. The quantitative estimate of drug-likeness (QED) is 0.662. The average molecular weight is 330 g/mol. The molecule has 0 heterocycles. The molecule has 3 aromatic rings. The lowest BCUT2D eigenvalue weighted by Gasteiger charge is -2.10. The molecular weight excluding hydrogens is 312 g/mol. The molecular formula is C22H18O3. The van der Waals surface area contributed by atoms with Crippen molar-refractivity contribution in [2.24, 2.45) is 0 Å². The van der Waals surface area contributed by atoms with E-state index >= 15 is 0 Å². The standard InChI is InChI=1S/C22H18O3/c23-17-6-1-14(2-7-17)11-22-20(15-3-8-18(24)9-4-15)12-16-5-10-19(25)13-21(16)22/h1-10,13,23-25H,11-12H2. The summed E-state index contributed by atoms with van der Waals surface area (Å²) in [7, 11) is 0. The number of phenolic OH excluding ortho intramolecular Hbond substituents is 3. The predicted molar refractivity (Wildman–Crippen MR) is 98.5 cm³/mol. The van der Waals surface area contributed by atoms with E-state index in [2.05, 4.69) is 0 Å². The molecule has 0 bridgehead atoms. The number of benzene rings is 3. The number of phenols is 3. The molecule has 0 aliphatic heterocycles. The van der Waals surface area contributed by atoms with Crippen LogP contribution in [0.15, 0.2) is 66.7 Å². The molecule has 0 saturated carbocycles. The Morgan fingerprint density at radius 3 is 1.96 bits per heavy atom. The Bertz CT molecular complexity index is 952. The molecule has 0 radical (unpaired) electrons. The minimum atomic E-state index is 0.248. The molecule has 3 N–H and O–H groups in total. The molecule has 3 nitrogen and oxygen atoms in total. The van der Waals surface area contributed by atoms with Crippen LogP contribution < -0.4 is 0 Å². The van der Waals surface area contributed by atoms with Gasteiger partial charge < -0.3 is 15.3 Å². The van der Waals surface area contributed by atoms with Crippen molar-refractivity contribution in [2.75, 3.05) is 0 Å². The van der Waals surface area contributed by atoms with Crippen molar-refractivity contribution >= 4 is 11.1 Å². The van der Waals surface area contributed by atoms with E-state index in [0.717, 1.165) is 23.1 Å². The SMILES string of the molecule is Oc1ccc(CC2=C(c3ccc(O)cc3)Cc3ccc(O)cc32)cc1. The monoisotopic (exact) mass is 330 g/mol. The molecule has 124 valence electrons. The van der Waals surface area contributed by atoms with Crippen molar-refractivity contribution in [3.63, 3.8) is 0 Å². The second-order valence-corrected chi connectivity index (χ2v) is 6.37. The lowest BCUT2D eigenvalue weighted by Crippen LogP contribution is -1.92. The van der Waals surface area contributed by atoms with Crippen LogP contribution in [0.2, 0.25) is 0 Å². The van der Waals surface area contributed by atoms with Crippen LogP contribution >= 0.6 is 0 Å². The van der Waals surface area contributed by atoms with Crippen LogP contribution in [0.4, 0.5) is 0 Å². The van der Waals surface area contributed by atoms with Crippen molar-refractivity contribution in [2.45, 2.75) is 12.8 Å². The Morgan fingerprint density at radius 2 is 1.28 bits per heavy atom. The van der Waals surface area contributed by atoms with Gasteiger partial charge in [-0.25, -0.2) is 0 Å². The van der Waals surface area contributed by atoms with Gasteiger partial charge in [-0.1, -0.05) is 30.3 Å². The zero-order valence-corrected chi connectivity index (χ0v) is 13.6. The van der Waals surface area contributed by atoms with E-state index in [0.29, 0.717) is 6.42 Å². The molecule has 3 aromatic carbocycles. The van der Waals surface area contributed by atoms with E-state index in [9.17, 15) is 15.3 Å². The van der Waals surface area contributed by atoms with Gasteiger partial charge >= 0.3 is 0 Å². The summed E-state index contributed by atoms with van der Waals surface area (Å²) in [6.45, 7) is 0. The summed E-state index contributed by atoms with van der Waals surface area (Å²) in [5.41, 5.74) is 6.80. The number of hydrogen-bond acceptors (Lipinski definition) is 3. The van der Waals surface area contributed by atoms with Crippen molar-refractivity contribution in [3.05, 3.63) is 89.0 Å². The summed E-state index contributed by atoms with van der Waals surface area (Å²) < 4.78 is 0. The van der Waals surface area contributed by atoms with Crippen LogP contribution in [0.25, 0.3) is 11.1 Å². The summed E-state index contributed by atoms with van der Waals surface area (Å²) in [5, 5.41) is 29.0. The number of aromatic hydroxyl groups is 3. The van der Waals surface area contributed by atoms with E-state index in [4.69, 9.17) is 0 Å². The second-order valence-electron chi connectivity index (χ2n) is 6.37. The van der Waals surface area contributed by atoms with Gasteiger partial charge in [0.25, 0.3) is 0 Å². The fourth-order valence-electron chi connectivity index (χ4n) is 3.42. The van der Waals surface area contributed by atoms with Crippen molar-refractivity contribution in [1.29, 1.82) is 0 Å². The van der Waals surface area contributed by atoms with Gasteiger partial charge in [-0.05, 0) is 82.6 Å². The Morgan fingerprint density at radius 1 is 0.680 bits per heavy atom. The molecule has 25 heavy (non-hydrogen) atoms. The van der Waals surface area contributed by atoms with E-state index in [1.165, 1.54) is 16.7 Å². The van der Waals surface area contributed by atoms with Crippen LogP contribution in [0, 0.1) is 0 Å². The maximum atomic E-state index is 9.92. The molecule has 0 atom stereocenters. The molecule has 0 amide bonds. The van der Waals surface area contributed by atoms with Gasteiger partial charge in [0.15, 0.2) is 0 Å². The first-order chi connectivity index (χ1) is 12.1. The largest absolute Gasteiger partial charge is 0.508 e. The van der Waals surface area contributed by atoms with Crippen LogP contribution in [0.3, 0.4) is 0 Å². The minimum absolute atomic E-state index is 0.248. The maximum Gasteiger partial charge on any atom is 0.116 e. The predicted octanol–water partition coefficient (Wildman–Crippen LogP) is 4.51. The molecule has 1 aliphatic rings. The van der Waals surface area contributed by atoms with E-state index < -0.39 is 0 Å². The Hall–Kier alpha value is -3.20. The highest BCUT2D eigenvalue weighted by atomic mass is 16.3. The molecule has 0 saturated heterocycles. The van der Waals surface area contributed by atoms with Gasteiger partial charge in [0, 0.05) is 0 Å². The Kier molecular flexibility index (Phi) is 3.69. The summed E-state index contributed by atoms with van der Waals surface area (Å²) in [5.74, 6) is 0.757. The van der Waals surface area contributed by atoms with Crippen LogP contribution in [0.1, 0.15) is 22.3 Å². The number of fused-ring (bicyclic) bond motifs is 1. The highest BCUT2D eigenvalue weighted by molar-refractivity contribution is 5.98. The normalized spacial score (nSPS) is 13.1. The summed E-state index contributed by atoms with van der Waals surface area (Å²) in [4.78, 5) is 0. The topological polar surface area (TPSA) is 60.7 Å². The lowest BCUT2D eigenvalue weighted by molar-refractivity contribution is 0.474. The van der Waals surface area contributed by atoms with Gasteiger partial charge in [0.1, 0.15) is 17.2 Å². The first-order valence-corrected chi connectivity index (χ1v) is 8.22. The molecule has 0 fully saturated rings. The Labute approximate surface area is 146 Å². The molecule has 4 rings (SSSR count). The van der Waals surface area contributed by atoms with Crippen LogP contribution in [-0.4, -0.2) is 15.3 Å². The molecule has 0 unspecified atom stereocenters. The zero-order chi connectivity index (χ0) is 17.4.